The van der Waals surface area contributed by atoms with Crippen molar-refractivity contribution in [2.75, 3.05) is 5.73 Å². The molecule has 0 fully saturated rings. The molecule has 5 heteroatoms. The third kappa shape index (κ3) is 2.47. The predicted octanol–water partition coefficient (Wildman–Crippen LogP) is 4.79. The summed E-state index contributed by atoms with van der Waals surface area (Å²) in [7, 11) is -1.89. The maximum Gasteiger partial charge on any atom is 0.250 e. The van der Waals surface area contributed by atoms with E-state index in [1.807, 2.05) is 12.1 Å². The smallest absolute Gasteiger partial charge is 0.250 e. The first-order valence-corrected chi connectivity index (χ1v) is 9.66. The highest BCUT2D eigenvalue weighted by molar-refractivity contribution is 6.74. The van der Waals surface area contributed by atoms with E-state index in [1.54, 1.807) is 6.20 Å². The quantitative estimate of drug-likeness (QED) is 0.618. The highest BCUT2D eigenvalue weighted by Gasteiger charge is 2.39. The van der Waals surface area contributed by atoms with Gasteiger partial charge < -0.3 is 15.1 Å². The minimum absolute atomic E-state index is 0.142. The summed E-state index contributed by atoms with van der Waals surface area (Å²) in [6.07, 6.45) is 1.75. The fourth-order valence-corrected chi connectivity index (χ4v) is 2.98. The molecule has 0 unspecified atom stereocenters. The molecule has 3 N–H and O–H groups in total. The molecule has 0 radical (unpaired) electrons. The van der Waals surface area contributed by atoms with Gasteiger partial charge in [-0.25, -0.2) is 0 Å². The van der Waals surface area contributed by atoms with Crippen LogP contribution in [-0.4, -0.2) is 13.3 Å². The molecule has 0 aliphatic rings. The molecule has 0 spiro atoms. The Morgan fingerprint density at radius 2 is 1.89 bits per heavy atom. The molecule has 3 nitrogen and oxygen atoms in total. The minimum Gasteiger partial charge on any atom is -0.543 e. The number of fused-ring (bicyclic) bond motifs is 1. The lowest BCUT2D eigenvalue weighted by molar-refractivity contribution is 0.496. The Hall–Kier alpha value is -1.13. The van der Waals surface area contributed by atoms with Crippen LogP contribution in [0.1, 0.15) is 20.8 Å². The number of nitrogen functional groups attached to an aromatic ring is 1. The second-order valence-electron chi connectivity index (χ2n) is 6.40. The SMILES string of the molecule is CC(C)(C)[Si](C)(C)Oc1ccc(N)c2[nH]cc(Cl)c12. The summed E-state index contributed by atoms with van der Waals surface area (Å²) >= 11 is 6.24. The fourth-order valence-electron chi connectivity index (χ4n) is 1.71. The van der Waals surface area contributed by atoms with Crippen molar-refractivity contribution in [1.82, 2.24) is 4.98 Å². The fraction of sp³-hybridized carbons (Fsp3) is 0.429. The number of halogens is 1. The first-order valence-electron chi connectivity index (χ1n) is 6.37. The molecule has 104 valence electrons. The number of nitrogens with one attached hydrogen (secondary N) is 1. The van der Waals surface area contributed by atoms with E-state index in [0.29, 0.717) is 10.7 Å². The first-order chi connectivity index (χ1) is 8.63. The number of nitrogens with two attached hydrogens (primary N) is 1. The van der Waals surface area contributed by atoms with Crippen molar-refractivity contribution in [1.29, 1.82) is 0 Å². The van der Waals surface area contributed by atoms with Gasteiger partial charge in [-0.3, -0.25) is 0 Å². The molecule has 0 aliphatic heterocycles. The maximum atomic E-state index is 6.35. The van der Waals surface area contributed by atoms with Crippen molar-refractivity contribution >= 4 is 36.5 Å². The molecule has 1 aromatic carbocycles. The van der Waals surface area contributed by atoms with Crippen LogP contribution in [-0.2, 0) is 0 Å². The zero-order valence-corrected chi connectivity index (χ0v) is 13.9. The van der Waals surface area contributed by atoms with Gasteiger partial charge in [-0.05, 0) is 30.3 Å². The van der Waals surface area contributed by atoms with Crippen LogP contribution in [0, 0.1) is 0 Å². The Morgan fingerprint density at radius 1 is 1.26 bits per heavy atom. The number of anilines is 1. The van der Waals surface area contributed by atoms with Crippen LogP contribution >= 0.6 is 11.6 Å². The molecule has 1 heterocycles. The zero-order valence-electron chi connectivity index (χ0n) is 12.1. The van der Waals surface area contributed by atoms with Gasteiger partial charge in [0.05, 0.1) is 21.6 Å². The standard InChI is InChI=1S/C14H21ClN2OSi/c1-14(2,3)19(4,5)18-11-7-6-10(16)13-12(11)9(15)8-17-13/h6-8,17H,16H2,1-5H3. The highest BCUT2D eigenvalue weighted by atomic mass is 35.5. The van der Waals surface area contributed by atoms with Gasteiger partial charge in [0.2, 0.25) is 0 Å². The van der Waals surface area contributed by atoms with Crippen LogP contribution in [0.15, 0.2) is 18.3 Å². The number of aromatic nitrogens is 1. The van der Waals surface area contributed by atoms with Gasteiger partial charge in [0.25, 0.3) is 8.32 Å². The lowest BCUT2D eigenvalue weighted by Crippen LogP contribution is -2.43. The summed E-state index contributed by atoms with van der Waals surface area (Å²) in [6.45, 7) is 11.1. The van der Waals surface area contributed by atoms with Crippen molar-refractivity contribution in [2.45, 2.75) is 38.9 Å². The molecule has 19 heavy (non-hydrogen) atoms. The van der Waals surface area contributed by atoms with Crippen molar-refractivity contribution in [2.24, 2.45) is 0 Å². The monoisotopic (exact) mass is 296 g/mol. The van der Waals surface area contributed by atoms with E-state index < -0.39 is 8.32 Å². The Bertz CT molecular complexity index is 614. The summed E-state index contributed by atoms with van der Waals surface area (Å²) in [5.41, 5.74) is 7.49. The largest absolute Gasteiger partial charge is 0.543 e. The van der Waals surface area contributed by atoms with E-state index in [9.17, 15) is 0 Å². The van der Waals surface area contributed by atoms with Gasteiger partial charge in [0, 0.05) is 6.20 Å². The molecule has 0 amide bonds. The van der Waals surface area contributed by atoms with Gasteiger partial charge in [-0.1, -0.05) is 32.4 Å². The Labute approximate surface area is 120 Å². The zero-order chi connectivity index (χ0) is 14.4. The Balaban J connectivity index is 2.53. The van der Waals surface area contributed by atoms with E-state index in [2.05, 4.69) is 38.8 Å². The van der Waals surface area contributed by atoms with Crippen LogP contribution < -0.4 is 10.2 Å². The number of aromatic amines is 1. The van der Waals surface area contributed by atoms with Crippen LogP contribution in [0.4, 0.5) is 5.69 Å². The normalized spacial score (nSPS) is 12.9. The summed E-state index contributed by atoms with van der Waals surface area (Å²) in [5.74, 6) is 0.821. The predicted molar refractivity (Wildman–Crippen MR) is 85.5 cm³/mol. The first kappa shape index (κ1) is 14.3. The summed E-state index contributed by atoms with van der Waals surface area (Å²) in [6, 6.07) is 3.77. The summed E-state index contributed by atoms with van der Waals surface area (Å²) in [5, 5.41) is 1.67. The third-order valence-electron chi connectivity index (χ3n) is 3.95. The van der Waals surface area contributed by atoms with Crippen LogP contribution in [0.5, 0.6) is 5.75 Å². The van der Waals surface area contributed by atoms with Crippen molar-refractivity contribution in [3.05, 3.63) is 23.4 Å². The van der Waals surface area contributed by atoms with Crippen LogP contribution in [0.2, 0.25) is 23.2 Å². The van der Waals surface area contributed by atoms with E-state index >= 15 is 0 Å². The average Bonchev–Trinajstić information content (AvgIpc) is 2.64. The molecule has 0 saturated carbocycles. The van der Waals surface area contributed by atoms with Crippen molar-refractivity contribution in [3.63, 3.8) is 0 Å². The molecule has 0 saturated heterocycles. The molecular weight excluding hydrogens is 276 g/mol. The summed E-state index contributed by atoms with van der Waals surface area (Å²) < 4.78 is 6.35. The van der Waals surface area contributed by atoms with E-state index in [4.69, 9.17) is 21.8 Å². The van der Waals surface area contributed by atoms with Gasteiger partial charge >= 0.3 is 0 Å². The van der Waals surface area contributed by atoms with Crippen LogP contribution in [0.3, 0.4) is 0 Å². The Kier molecular flexibility index (Phi) is 3.35. The highest BCUT2D eigenvalue weighted by Crippen LogP contribution is 2.41. The second kappa shape index (κ2) is 4.46. The lowest BCUT2D eigenvalue weighted by atomic mass is 10.2. The van der Waals surface area contributed by atoms with E-state index in [-0.39, 0.29) is 5.04 Å². The molecule has 0 atom stereocenters. The topological polar surface area (TPSA) is 51.0 Å². The molecule has 1 aromatic heterocycles. The van der Waals surface area contributed by atoms with Crippen molar-refractivity contribution < 1.29 is 4.43 Å². The molecule has 0 bridgehead atoms. The number of hydrogen-bond acceptors (Lipinski definition) is 2. The van der Waals surface area contributed by atoms with Gasteiger partial charge in [-0.15, -0.1) is 0 Å². The molecular formula is C14H21ClN2OSi. The molecule has 2 rings (SSSR count). The van der Waals surface area contributed by atoms with Gasteiger partial charge in [0.15, 0.2) is 0 Å². The average molecular weight is 297 g/mol. The van der Waals surface area contributed by atoms with Gasteiger partial charge in [-0.2, -0.15) is 0 Å². The number of hydrogen-bond donors (Lipinski definition) is 2. The molecule has 2 aromatic rings. The number of benzene rings is 1. The van der Waals surface area contributed by atoms with Crippen LogP contribution in [0.25, 0.3) is 10.9 Å². The van der Waals surface area contributed by atoms with Crippen molar-refractivity contribution in [3.8, 4) is 5.75 Å². The third-order valence-corrected chi connectivity index (χ3v) is 8.59. The minimum atomic E-state index is -1.89. The lowest BCUT2D eigenvalue weighted by Gasteiger charge is -2.36. The molecule has 0 aliphatic carbocycles. The van der Waals surface area contributed by atoms with E-state index in [1.165, 1.54) is 0 Å². The number of rotatable bonds is 2. The second-order valence-corrected chi connectivity index (χ2v) is 11.5. The Morgan fingerprint density at radius 3 is 2.47 bits per heavy atom. The van der Waals surface area contributed by atoms with Gasteiger partial charge in [0.1, 0.15) is 5.75 Å². The maximum absolute atomic E-state index is 6.35. The van der Waals surface area contributed by atoms with E-state index in [0.717, 1.165) is 16.7 Å². The summed E-state index contributed by atoms with van der Waals surface area (Å²) in [4.78, 5) is 3.10. The number of H-pyrrole nitrogens is 1.